The highest BCUT2D eigenvalue weighted by atomic mass is 35.5. The SMILES string of the molecule is Cc1cc2c(cc1/C=C1\C(=O)NC(=O)N(c3ccc(Cl)cc3)C1=O)C(C)CC(C)(C)N2C(C)C. The van der Waals surface area contributed by atoms with Crippen LogP contribution >= 0.6 is 11.6 Å². The molecule has 1 atom stereocenters. The van der Waals surface area contributed by atoms with Crippen molar-refractivity contribution in [3.8, 4) is 0 Å². The second kappa shape index (κ2) is 8.58. The Morgan fingerprint density at radius 3 is 2.38 bits per heavy atom. The monoisotopic (exact) mass is 479 g/mol. The number of imide groups is 2. The molecule has 2 aliphatic rings. The van der Waals surface area contributed by atoms with Crippen LogP contribution in [-0.2, 0) is 9.59 Å². The van der Waals surface area contributed by atoms with Crippen LogP contribution in [0.25, 0.3) is 6.08 Å². The Kier molecular flexibility index (Phi) is 6.06. The lowest BCUT2D eigenvalue weighted by molar-refractivity contribution is -0.122. The average molecular weight is 480 g/mol. The molecule has 0 aromatic heterocycles. The fourth-order valence-electron chi connectivity index (χ4n) is 5.38. The molecule has 0 spiro atoms. The van der Waals surface area contributed by atoms with Gasteiger partial charge in [-0.05, 0) is 106 Å². The topological polar surface area (TPSA) is 69.7 Å². The third-order valence-corrected chi connectivity index (χ3v) is 6.92. The highest BCUT2D eigenvalue weighted by Crippen LogP contribution is 2.45. The van der Waals surface area contributed by atoms with E-state index < -0.39 is 17.8 Å². The molecule has 7 heteroatoms. The Labute approximate surface area is 205 Å². The number of urea groups is 1. The number of anilines is 2. The maximum atomic E-state index is 13.3. The molecule has 178 valence electrons. The summed E-state index contributed by atoms with van der Waals surface area (Å²) in [5, 5.41) is 2.77. The first kappa shape index (κ1) is 24.0. The van der Waals surface area contributed by atoms with Gasteiger partial charge in [0.15, 0.2) is 0 Å². The highest BCUT2D eigenvalue weighted by Gasteiger charge is 2.39. The number of nitrogens with zero attached hydrogens (tertiary/aromatic N) is 2. The fraction of sp³-hybridized carbons (Fsp3) is 0.370. The van der Waals surface area contributed by atoms with Gasteiger partial charge in [0.05, 0.1) is 5.69 Å². The van der Waals surface area contributed by atoms with E-state index in [0.717, 1.165) is 22.4 Å². The van der Waals surface area contributed by atoms with Crippen molar-refractivity contribution >= 4 is 46.9 Å². The number of hydrogen-bond acceptors (Lipinski definition) is 4. The Hall–Kier alpha value is -3.12. The summed E-state index contributed by atoms with van der Waals surface area (Å²) in [7, 11) is 0. The van der Waals surface area contributed by atoms with Crippen molar-refractivity contribution in [1.29, 1.82) is 0 Å². The molecule has 2 aliphatic heterocycles. The van der Waals surface area contributed by atoms with Gasteiger partial charge >= 0.3 is 6.03 Å². The van der Waals surface area contributed by atoms with Crippen LogP contribution in [0.3, 0.4) is 0 Å². The number of amides is 4. The van der Waals surface area contributed by atoms with E-state index in [9.17, 15) is 14.4 Å². The maximum Gasteiger partial charge on any atom is 0.335 e. The smallest absolute Gasteiger partial charge is 0.335 e. The van der Waals surface area contributed by atoms with Crippen molar-refractivity contribution in [2.75, 3.05) is 9.80 Å². The van der Waals surface area contributed by atoms with Crippen LogP contribution in [0, 0.1) is 6.92 Å². The number of carbonyl (C=O) groups is 3. The van der Waals surface area contributed by atoms with Crippen LogP contribution in [0.15, 0.2) is 42.0 Å². The van der Waals surface area contributed by atoms with E-state index in [2.05, 4.69) is 57.0 Å². The summed E-state index contributed by atoms with van der Waals surface area (Å²) in [6, 6.07) is 10.1. The van der Waals surface area contributed by atoms with E-state index in [1.165, 1.54) is 11.3 Å². The molecule has 1 N–H and O–H groups in total. The molecular formula is C27H30ClN3O3. The largest absolute Gasteiger partial charge is 0.364 e. The van der Waals surface area contributed by atoms with Gasteiger partial charge in [-0.2, -0.15) is 0 Å². The first-order valence-electron chi connectivity index (χ1n) is 11.5. The predicted molar refractivity (Wildman–Crippen MR) is 136 cm³/mol. The van der Waals surface area contributed by atoms with Gasteiger partial charge in [0.1, 0.15) is 5.57 Å². The second-order valence-corrected chi connectivity index (χ2v) is 10.5. The standard InChI is InChI=1S/C27H30ClN3O3/c1-15(2)31-23-11-16(3)18(12-21(23)17(4)14-27(31,5)6)13-22-24(32)29-26(34)30(25(22)33)20-9-7-19(28)8-10-20/h7-13,15,17H,14H2,1-6H3,(H,29,32,34)/b22-13+. The number of rotatable bonds is 3. The summed E-state index contributed by atoms with van der Waals surface area (Å²) in [4.78, 5) is 41.8. The van der Waals surface area contributed by atoms with Gasteiger partial charge < -0.3 is 4.90 Å². The molecule has 0 bridgehead atoms. The Morgan fingerprint density at radius 2 is 1.76 bits per heavy atom. The Balaban J connectivity index is 1.78. The third-order valence-electron chi connectivity index (χ3n) is 6.67. The lowest BCUT2D eigenvalue weighted by Gasteiger charge is -2.50. The lowest BCUT2D eigenvalue weighted by Crippen LogP contribution is -2.54. The average Bonchev–Trinajstić information content (AvgIpc) is 2.72. The summed E-state index contributed by atoms with van der Waals surface area (Å²) in [5.41, 5.74) is 4.41. The Morgan fingerprint density at radius 1 is 1.12 bits per heavy atom. The van der Waals surface area contributed by atoms with Crippen molar-refractivity contribution < 1.29 is 14.4 Å². The summed E-state index contributed by atoms with van der Waals surface area (Å²) >= 11 is 5.94. The molecule has 4 rings (SSSR count). The zero-order chi connectivity index (χ0) is 24.9. The van der Waals surface area contributed by atoms with Crippen molar-refractivity contribution in [3.63, 3.8) is 0 Å². The minimum absolute atomic E-state index is 0.0195. The maximum absolute atomic E-state index is 13.3. The molecule has 1 unspecified atom stereocenters. The molecule has 1 saturated heterocycles. The van der Waals surface area contributed by atoms with Crippen LogP contribution in [0.5, 0.6) is 0 Å². The molecule has 0 radical (unpaired) electrons. The summed E-state index contributed by atoms with van der Waals surface area (Å²) in [6.45, 7) is 13.1. The van der Waals surface area contributed by atoms with Crippen LogP contribution < -0.4 is 15.1 Å². The number of fused-ring (bicyclic) bond motifs is 1. The lowest BCUT2D eigenvalue weighted by atomic mass is 9.78. The molecule has 4 amide bonds. The number of halogens is 1. The van der Waals surface area contributed by atoms with E-state index in [0.29, 0.717) is 22.7 Å². The van der Waals surface area contributed by atoms with E-state index >= 15 is 0 Å². The number of barbiturate groups is 1. The highest BCUT2D eigenvalue weighted by molar-refractivity contribution is 6.39. The van der Waals surface area contributed by atoms with Gasteiger partial charge in [0.2, 0.25) is 0 Å². The first-order valence-corrected chi connectivity index (χ1v) is 11.9. The number of aryl methyl sites for hydroxylation is 1. The molecule has 1 fully saturated rings. The van der Waals surface area contributed by atoms with E-state index in [1.54, 1.807) is 30.3 Å². The zero-order valence-electron chi connectivity index (χ0n) is 20.4. The number of nitrogens with one attached hydrogen (secondary N) is 1. The number of hydrogen-bond donors (Lipinski definition) is 1. The van der Waals surface area contributed by atoms with Gasteiger partial charge in [0, 0.05) is 22.3 Å². The van der Waals surface area contributed by atoms with Gasteiger partial charge in [-0.15, -0.1) is 0 Å². The summed E-state index contributed by atoms with van der Waals surface area (Å²) < 4.78 is 0. The van der Waals surface area contributed by atoms with Crippen molar-refractivity contribution in [1.82, 2.24) is 5.32 Å². The zero-order valence-corrected chi connectivity index (χ0v) is 21.2. The molecule has 6 nitrogen and oxygen atoms in total. The van der Waals surface area contributed by atoms with E-state index in [4.69, 9.17) is 11.6 Å². The molecule has 2 aromatic carbocycles. The van der Waals surface area contributed by atoms with E-state index in [-0.39, 0.29) is 11.1 Å². The van der Waals surface area contributed by atoms with Crippen LogP contribution in [0.1, 0.15) is 63.6 Å². The second-order valence-electron chi connectivity index (χ2n) is 10.1. The van der Waals surface area contributed by atoms with Crippen LogP contribution in [0.2, 0.25) is 5.02 Å². The summed E-state index contributed by atoms with van der Waals surface area (Å²) in [6.07, 6.45) is 2.59. The fourth-order valence-corrected chi connectivity index (χ4v) is 5.51. The minimum atomic E-state index is -0.778. The van der Waals surface area contributed by atoms with Crippen molar-refractivity contribution in [2.45, 2.75) is 65.5 Å². The number of benzene rings is 2. The first-order chi connectivity index (χ1) is 15.9. The van der Waals surface area contributed by atoms with Crippen molar-refractivity contribution in [3.05, 3.63) is 63.7 Å². The summed E-state index contributed by atoms with van der Waals surface area (Å²) in [5.74, 6) is -1.04. The molecule has 0 aliphatic carbocycles. The molecule has 34 heavy (non-hydrogen) atoms. The molecule has 2 heterocycles. The van der Waals surface area contributed by atoms with Gasteiger partial charge in [-0.25, -0.2) is 9.69 Å². The van der Waals surface area contributed by atoms with Crippen LogP contribution in [-0.4, -0.2) is 29.4 Å². The molecular weight excluding hydrogens is 450 g/mol. The van der Waals surface area contributed by atoms with Gasteiger partial charge in [-0.1, -0.05) is 18.5 Å². The quantitative estimate of drug-likeness (QED) is 0.445. The third kappa shape index (κ3) is 4.11. The normalized spacial score (nSPS) is 21.2. The Bertz CT molecular complexity index is 1210. The minimum Gasteiger partial charge on any atom is -0.364 e. The van der Waals surface area contributed by atoms with E-state index in [1.807, 2.05) is 6.92 Å². The predicted octanol–water partition coefficient (Wildman–Crippen LogP) is 5.82. The molecule has 2 aromatic rings. The van der Waals surface area contributed by atoms with Crippen molar-refractivity contribution in [2.24, 2.45) is 0 Å². The number of carbonyl (C=O) groups excluding carboxylic acids is 3. The van der Waals surface area contributed by atoms with Gasteiger partial charge in [0.25, 0.3) is 11.8 Å². The van der Waals surface area contributed by atoms with Crippen LogP contribution in [0.4, 0.5) is 16.2 Å². The van der Waals surface area contributed by atoms with Gasteiger partial charge in [-0.3, -0.25) is 14.9 Å². The molecule has 0 saturated carbocycles.